The number of aryl methyl sites for hydroxylation is 1. The Balaban J connectivity index is 1.30. The van der Waals surface area contributed by atoms with E-state index in [0.29, 0.717) is 6.04 Å². The molecule has 0 amide bonds. The van der Waals surface area contributed by atoms with E-state index in [0.717, 1.165) is 45.9 Å². The third-order valence-corrected chi connectivity index (χ3v) is 5.45. The first-order valence-corrected chi connectivity index (χ1v) is 9.67. The summed E-state index contributed by atoms with van der Waals surface area (Å²) in [6.45, 7) is 6.73. The van der Waals surface area contributed by atoms with Gasteiger partial charge in [-0.15, -0.1) is 0 Å². The van der Waals surface area contributed by atoms with Crippen molar-refractivity contribution in [1.29, 1.82) is 0 Å². The molecule has 26 heavy (non-hydrogen) atoms. The second-order valence-corrected chi connectivity index (χ2v) is 7.24. The Kier molecular flexibility index (Phi) is 5.41. The van der Waals surface area contributed by atoms with Gasteiger partial charge in [0.25, 0.3) is 0 Å². The number of ether oxygens (including phenoxy) is 1. The third-order valence-electron chi connectivity index (χ3n) is 5.45. The molecule has 1 aromatic carbocycles. The lowest BCUT2D eigenvalue weighted by atomic mass is 10.1. The smallest absolute Gasteiger partial charge is 0.126 e. The molecule has 0 radical (unpaired) electrons. The van der Waals surface area contributed by atoms with E-state index in [2.05, 4.69) is 50.5 Å². The van der Waals surface area contributed by atoms with E-state index in [1.54, 1.807) is 0 Å². The molecule has 2 saturated heterocycles. The summed E-state index contributed by atoms with van der Waals surface area (Å²) in [6.07, 6.45) is 4.33. The quantitative estimate of drug-likeness (QED) is 0.889. The first kappa shape index (κ1) is 17.4. The minimum atomic E-state index is 0.526. The van der Waals surface area contributed by atoms with Crippen molar-refractivity contribution >= 4 is 11.5 Å². The second-order valence-electron chi connectivity index (χ2n) is 7.24. The molecule has 1 aromatic heterocycles. The summed E-state index contributed by atoms with van der Waals surface area (Å²) in [4.78, 5) is 4.84. The van der Waals surface area contributed by atoms with E-state index in [9.17, 15) is 0 Å². The van der Waals surface area contributed by atoms with Crippen molar-refractivity contribution in [1.82, 2.24) is 15.1 Å². The summed E-state index contributed by atoms with van der Waals surface area (Å²) >= 11 is 0. The number of morpholine rings is 1. The van der Waals surface area contributed by atoms with Crippen molar-refractivity contribution in [3.8, 4) is 0 Å². The molecule has 2 aliphatic heterocycles. The van der Waals surface area contributed by atoms with Crippen molar-refractivity contribution in [2.24, 2.45) is 7.05 Å². The summed E-state index contributed by atoms with van der Waals surface area (Å²) in [5, 5.41) is 8.04. The number of anilines is 2. The summed E-state index contributed by atoms with van der Waals surface area (Å²) in [7, 11) is 2.02. The number of hydrogen-bond donors (Lipinski definition) is 1. The van der Waals surface area contributed by atoms with Gasteiger partial charge in [-0.25, -0.2) is 0 Å². The van der Waals surface area contributed by atoms with Crippen LogP contribution in [-0.2, 0) is 18.3 Å². The van der Waals surface area contributed by atoms with Crippen LogP contribution >= 0.6 is 0 Å². The van der Waals surface area contributed by atoms with Gasteiger partial charge in [0, 0.05) is 57.6 Å². The molecule has 0 saturated carbocycles. The SMILES string of the molecule is Cn1nccc1N1CCCC(NCc2ccc(N3CCOCC3)cc2)C1. The van der Waals surface area contributed by atoms with Crippen LogP contribution in [0.3, 0.4) is 0 Å². The standard InChI is InChI=1S/C20H29N5O/c1-23-20(8-9-22-23)25-10-2-3-18(16-25)21-15-17-4-6-19(7-5-17)24-11-13-26-14-12-24/h4-9,18,21H,2-3,10-16H2,1H3. The van der Waals surface area contributed by atoms with Crippen LogP contribution in [0.1, 0.15) is 18.4 Å². The Morgan fingerprint density at radius 2 is 1.88 bits per heavy atom. The molecule has 3 heterocycles. The van der Waals surface area contributed by atoms with Gasteiger partial charge in [-0.3, -0.25) is 4.68 Å². The molecule has 0 spiro atoms. The van der Waals surface area contributed by atoms with Gasteiger partial charge in [0.2, 0.25) is 0 Å². The van der Waals surface area contributed by atoms with Crippen molar-refractivity contribution in [2.75, 3.05) is 49.2 Å². The van der Waals surface area contributed by atoms with Crippen LogP contribution in [0.4, 0.5) is 11.5 Å². The number of rotatable bonds is 5. The Labute approximate surface area is 155 Å². The molecule has 1 atom stereocenters. The lowest BCUT2D eigenvalue weighted by Gasteiger charge is -2.34. The molecule has 2 aromatic rings. The first-order valence-electron chi connectivity index (χ1n) is 9.67. The molecule has 6 heteroatoms. The van der Waals surface area contributed by atoms with Crippen LogP contribution in [0.25, 0.3) is 0 Å². The van der Waals surface area contributed by atoms with E-state index in [-0.39, 0.29) is 0 Å². The van der Waals surface area contributed by atoms with Crippen molar-refractivity contribution in [3.63, 3.8) is 0 Å². The molecule has 2 aliphatic rings. The first-order chi connectivity index (χ1) is 12.8. The van der Waals surface area contributed by atoms with Crippen LogP contribution in [0.2, 0.25) is 0 Å². The van der Waals surface area contributed by atoms with E-state index >= 15 is 0 Å². The van der Waals surface area contributed by atoms with Crippen molar-refractivity contribution < 1.29 is 4.74 Å². The maximum absolute atomic E-state index is 5.43. The van der Waals surface area contributed by atoms with Crippen LogP contribution in [0, 0.1) is 0 Å². The number of piperidine rings is 1. The summed E-state index contributed by atoms with van der Waals surface area (Å²) in [6, 6.07) is 11.6. The maximum Gasteiger partial charge on any atom is 0.126 e. The average molecular weight is 355 g/mol. The minimum absolute atomic E-state index is 0.526. The number of nitrogens with one attached hydrogen (secondary N) is 1. The van der Waals surface area contributed by atoms with Crippen LogP contribution in [0.15, 0.2) is 36.5 Å². The van der Waals surface area contributed by atoms with Gasteiger partial charge >= 0.3 is 0 Å². The Bertz CT molecular complexity index is 692. The van der Waals surface area contributed by atoms with Gasteiger partial charge < -0.3 is 19.9 Å². The minimum Gasteiger partial charge on any atom is -0.378 e. The maximum atomic E-state index is 5.43. The average Bonchev–Trinajstić information content (AvgIpc) is 3.14. The second kappa shape index (κ2) is 8.10. The lowest BCUT2D eigenvalue weighted by molar-refractivity contribution is 0.122. The number of benzene rings is 1. The number of nitrogens with zero attached hydrogens (tertiary/aromatic N) is 4. The highest BCUT2D eigenvalue weighted by Crippen LogP contribution is 2.20. The Morgan fingerprint density at radius 1 is 1.08 bits per heavy atom. The van der Waals surface area contributed by atoms with Crippen LogP contribution < -0.4 is 15.1 Å². The fourth-order valence-corrected chi connectivity index (χ4v) is 3.94. The fourth-order valence-electron chi connectivity index (χ4n) is 3.94. The largest absolute Gasteiger partial charge is 0.378 e. The Morgan fingerprint density at radius 3 is 2.62 bits per heavy atom. The molecular weight excluding hydrogens is 326 g/mol. The van der Waals surface area contributed by atoms with Crippen LogP contribution in [-0.4, -0.2) is 55.2 Å². The highest BCUT2D eigenvalue weighted by Gasteiger charge is 2.21. The van der Waals surface area contributed by atoms with Gasteiger partial charge in [-0.2, -0.15) is 5.10 Å². The molecule has 6 nitrogen and oxygen atoms in total. The molecular formula is C20H29N5O. The third kappa shape index (κ3) is 4.02. The van der Waals surface area contributed by atoms with Gasteiger partial charge in [0.15, 0.2) is 0 Å². The zero-order valence-electron chi connectivity index (χ0n) is 15.6. The normalized spacial score (nSPS) is 21.2. The predicted octanol–water partition coefficient (Wildman–Crippen LogP) is 2.02. The molecule has 140 valence electrons. The van der Waals surface area contributed by atoms with E-state index in [1.807, 2.05) is 17.9 Å². The molecule has 2 fully saturated rings. The summed E-state index contributed by atoms with van der Waals surface area (Å²) in [5.74, 6) is 1.21. The van der Waals surface area contributed by atoms with E-state index in [1.165, 1.54) is 29.9 Å². The van der Waals surface area contributed by atoms with E-state index < -0.39 is 0 Å². The topological polar surface area (TPSA) is 45.6 Å². The monoisotopic (exact) mass is 355 g/mol. The van der Waals surface area contributed by atoms with Gasteiger partial charge in [0.1, 0.15) is 5.82 Å². The van der Waals surface area contributed by atoms with Crippen molar-refractivity contribution in [3.05, 3.63) is 42.1 Å². The molecule has 0 aliphatic carbocycles. The molecule has 1 N–H and O–H groups in total. The zero-order chi connectivity index (χ0) is 17.8. The predicted molar refractivity (Wildman–Crippen MR) is 105 cm³/mol. The van der Waals surface area contributed by atoms with Crippen LogP contribution in [0.5, 0.6) is 0 Å². The lowest BCUT2D eigenvalue weighted by Crippen LogP contribution is -2.46. The zero-order valence-corrected chi connectivity index (χ0v) is 15.6. The summed E-state index contributed by atoms with van der Waals surface area (Å²) < 4.78 is 7.40. The van der Waals surface area contributed by atoms with Gasteiger partial charge in [-0.05, 0) is 30.5 Å². The van der Waals surface area contributed by atoms with Crippen molar-refractivity contribution in [2.45, 2.75) is 25.4 Å². The van der Waals surface area contributed by atoms with Gasteiger partial charge in [0.05, 0.1) is 19.4 Å². The Hall–Kier alpha value is -2.05. The molecule has 1 unspecified atom stereocenters. The summed E-state index contributed by atoms with van der Waals surface area (Å²) in [5.41, 5.74) is 2.65. The number of aromatic nitrogens is 2. The highest BCUT2D eigenvalue weighted by atomic mass is 16.5. The molecule has 0 bridgehead atoms. The van der Waals surface area contributed by atoms with Gasteiger partial charge in [-0.1, -0.05) is 12.1 Å². The molecule has 4 rings (SSSR count). The number of hydrogen-bond acceptors (Lipinski definition) is 5. The van der Waals surface area contributed by atoms with E-state index in [4.69, 9.17) is 4.74 Å². The fraction of sp³-hybridized carbons (Fsp3) is 0.550. The highest BCUT2D eigenvalue weighted by molar-refractivity contribution is 5.48.